The number of aromatic nitrogens is 1. The molecule has 3 rings (SSSR count). The van der Waals surface area contributed by atoms with Gasteiger partial charge in [-0.05, 0) is 36.4 Å². The Kier molecular flexibility index (Phi) is 5.17. The zero-order valence-electron chi connectivity index (χ0n) is 12.0. The summed E-state index contributed by atoms with van der Waals surface area (Å²) in [5.74, 6) is 0. The lowest BCUT2D eigenvalue weighted by atomic mass is 10.1. The molecule has 1 atom stereocenters. The van der Waals surface area contributed by atoms with Crippen LogP contribution >= 0.6 is 50.7 Å². The SMILES string of the molecule is N#CC(Nc1c(Cl)cccc1Cl)c1cc2cc(Br)ccc2nc1Cl. The molecule has 0 spiro atoms. The van der Waals surface area contributed by atoms with Crippen molar-refractivity contribution in [3.8, 4) is 6.07 Å². The predicted octanol–water partition coefficient (Wildman–Crippen LogP) is 6.63. The second-order valence-electron chi connectivity index (χ2n) is 5.01. The van der Waals surface area contributed by atoms with Crippen LogP contribution in [0.4, 0.5) is 5.69 Å². The maximum Gasteiger partial charge on any atom is 0.143 e. The normalized spacial score (nSPS) is 12.0. The number of para-hydroxylation sites is 1. The molecule has 0 aliphatic carbocycles. The molecule has 0 radical (unpaired) electrons. The molecule has 24 heavy (non-hydrogen) atoms. The molecule has 7 heteroatoms. The van der Waals surface area contributed by atoms with E-state index in [4.69, 9.17) is 34.8 Å². The number of fused-ring (bicyclic) bond motifs is 1. The zero-order chi connectivity index (χ0) is 17.3. The van der Waals surface area contributed by atoms with E-state index in [0.29, 0.717) is 21.3 Å². The van der Waals surface area contributed by atoms with Crippen molar-refractivity contribution >= 4 is 67.3 Å². The number of nitrogens with one attached hydrogen (secondary N) is 1. The smallest absolute Gasteiger partial charge is 0.143 e. The Morgan fingerprint density at radius 3 is 2.46 bits per heavy atom. The van der Waals surface area contributed by atoms with Crippen molar-refractivity contribution in [2.75, 3.05) is 5.32 Å². The van der Waals surface area contributed by atoms with Crippen molar-refractivity contribution < 1.29 is 0 Å². The van der Waals surface area contributed by atoms with Crippen molar-refractivity contribution in [2.24, 2.45) is 0 Å². The average molecular weight is 442 g/mol. The van der Waals surface area contributed by atoms with Crippen LogP contribution in [0.15, 0.2) is 46.9 Å². The third-order valence-corrected chi connectivity index (χ3v) is 4.87. The molecule has 3 aromatic rings. The molecule has 120 valence electrons. The van der Waals surface area contributed by atoms with E-state index < -0.39 is 6.04 Å². The van der Waals surface area contributed by atoms with E-state index in [2.05, 4.69) is 32.3 Å². The quantitative estimate of drug-likeness (QED) is 0.464. The van der Waals surface area contributed by atoms with Gasteiger partial charge in [0.05, 0.1) is 27.3 Å². The van der Waals surface area contributed by atoms with E-state index in [-0.39, 0.29) is 5.15 Å². The second-order valence-corrected chi connectivity index (χ2v) is 7.10. The number of nitriles is 1. The van der Waals surface area contributed by atoms with Gasteiger partial charge in [-0.2, -0.15) is 5.26 Å². The van der Waals surface area contributed by atoms with Crippen molar-refractivity contribution in [2.45, 2.75) is 6.04 Å². The Morgan fingerprint density at radius 2 is 1.79 bits per heavy atom. The number of hydrogen-bond acceptors (Lipinski definition) is 3. The molecule has 1 aromatic heterocycles. The molecule has 0 bridgehead atoms. The van der Waals surface area contributed by atoms with E-state index in [9.17, 15) is 5.26 Å². The monoisotopic (exact) mass is 439 g/mol. The summed E-state index contributed by atoms with van der Waals surface area (Å²) in [6.07, 6.45) is 0. The summed E-state index contributed by atoms with van der Waals surface area (Å²) in [5.41, 5.74) is 1.79. The predicted molar refractivity (Wildman–Crippen MR) is 103 cm³/mol. The largest absolute Gasteiger partial charge is 0.364 e. The van der Waals surface area contributed by atoms with E-state index in [1.807, 2.05) is 24.3 Å². The van der Waals surface area contributed by atoms with Gasteiger partial charge < -0.3 is 5.32 Å². The fourth-order valence-corrected chi connectivity index (χ4v) is 3.44. The van der Waals surface area contributed by atoms with Gasteiger partial charge in [0.25, 0.3) is 0 Å². The number of hydrogen-bond donors (Lipinski definition) is 1. The van der Waals surface area contributed by atoms with Crippen molar-refractivity contribution in [1.29, 1.82) is 5.26 Å². The third kappa shape index (κ3) is 3.45. The number of nitrogens with zero attached hydrogens (tertiary/aromatic N) is 2. The van der Waals surface area contributed by atoms with Gasteiger partial charge in [-0.3, -0.25) is 0 Å². The van der Waals surface area contributed by atoms with E-state index >= 15 is 0 Å². The van der Waals surface area contributed by atoms with Gasteiger partial charge in [0.2, 0.25) is 0 Å². The Bertz CT molecular complexity index is 949. The van der Waals surface area contributed by atoms with Crippen LogP contribution in [0.1, 0.15) is 11.6 Å². The van der Waals surface area contributed by atoms with Gasteiger partial charge in [-0.25, -0.2) is 4.98 Å². The first-order valence-corrected chi connectivity index (χ1v) is 8.78. The molecule has 0 saturated carbocycles. The molecule has 0 fully saturated rings. The minimum Gasteiger partial charge on any atom is -0.364 e. The maximum absolute atomic E-state index is 9.58. The van der Waals surface area contributed by atoms with Gasteiger partial charge in [0.1, 0.15) is 11.2 Å². The first-order chi connectivity index (χ1) is 11.5. The van der Waals surface area contributed by atoms with Crippen LogP contribution in [-0.4, -0.2) is 4.98 Å². The third-order valence-electron chi connectivity index (χ3n) is 3.45. The molecular formula is C17H9BrCl3N3. The van der Waals surface area contributed by atoms with Crippen molar-refractivity contribution in [3.05, 3.63) is 67.7 Å². The highest BCUT2D eigenvalue weighted by Gasteiger charge is 2.19. The molecule has 0 aliphatic rings. The summed E-state index contributed by atoms with van der Waals surface area (Å²) in [5, 5.41) is 14.6. The van der Waals surface area contributed by atoms with E-state index in [0.717, 1.165) is 15.4 Å². The molecule has 1 unspecified atom stereocenters. The Balaban J connectivity index is 2.06. The molecular weight excluding hydrogens is 432 g/mol. The van der Waals surface area contributed by atoms with Crippen LogP contribution in [0.3, 0.4) is 0 Å². The van der Waals surface area contributed by atoms with E-state index in [1.54, 1.807) is 18.2 Å². The fraction of sp³-hybridized carbons (Fsp3) is 0.0588. The summed E-state index contributed by atoms with van der Waals surface area (Å²) in [6, 6.07) is 14.0. The van der Waals surface area contributed by atoms with Crippen LogP contribution in [-0.2, 0) is 0 Å². The molecule has 0 amide bonds. The standard InChI is InChI=1S/C17H9BrCl3N3/c18-10-4-5-14-9(6-10)7-11(17(21)24-14)15(8-22)23-16-12(19)2-1-3-13(16)20/h1-7,15,23H. The molecule has 1 N–H and O–H groups in total. The summed E-state index contributed by atoms with van der Waals surface area (Å²) in [7, 11) is 0. The summed E-state index contributed by atoms with van der Waals surface area (Å²) in [4.78, 5) is 4.36. The number of rotatable bonds is 3. The number of anilines is 1. The lowest BCUT2D eigenvalue weighted by Crippen LogP contribution is -2.10. The Labute approximate surface area is 162 Å². The second kappa shape index (κ2) is 7.16. The van der Waals surface area contributed by atoms with Gasteiger partial charge >= 0.3 is 0 Å². The topological polar surface area (TPSA) is 48.7 Å². The molecule has 0 saturated heterocycles. The van der Waals surface area contributed by atoms with Crippen molar-refractivity contribution in [3.63, 3.8) is 0 Å². The van der Waals surface area contributed by atoms with Gasteiger partial charge in [-0.15, -0.1) is 0 Å². The summed E-state index contributed by atoms with van der Waals surface area (Å²) >= 11 is 22.0. The van der Waals surface area contributed by atoms with Crippen LogP contribution < -0.4 is 5.32 Å². The summed E-state index contributed by atoms with van der Waals surface area (Å²) < 4.78 is 0.917. The molecule has 2 aromatic carbocycles. The number of halogens is 4. The number of benzene rings is 2. The number of pyridine rings is 1. The molecule has 1 heterocycles. The summed E-state index contributed by atoms with van der Waals surface area (Å²) in [6.45, 7) is 0. The van der Waals surface area contributed by atoms with Crippen LogP contribution in [0.2, 0.25) is 15.2 Å². The lowest BCUT2D eigenvalue weighted by molar-refractivity contribution is 0.989. The Hall–Kier alpha value is -1.51. The maximum atomic E-state index is 9.58. The minimum atomic E-state index is -0.745. The first kappa shape index (κ1) is 17.3. The van der Waals surface area contributed by atoms with E-state index in [1.165, 1.54) is 0 Å². The average Bonchev–Trinajstić information content (AvgIpc) is 2.55. The highest BCUT2D eigenvalue weighted by molar-refractivity contribution is 9.10. The lowest BCUT2D eigenvalue weighted by Gasteiger charge is -2.17. The van der Waals surface area contributed by atoms with Crippen molar-refractivity contribution in [1.82, 2.24) is 4.98 Å². The highest BCUT2D eigenvalue weighted by atomic mass is 79.9. The molecule has 0 aliphatic heterocycles. The van der Waals surface area contributed by atoms with Gasteiger partial charge in [0.15, 0.2) is 0 Å². The molecule has 3 nitrogen and oxygen atoms in total. The van der Waals surface area contributed by atoms with Gasteiger partial charge in [0, 0.05) is 15.4 Å². The van der Waals surface area contributed by atoms with Crippen LogP contribution in [0.5, 0.6) is 0 Å². The van der Waals surface area contributed by atoms with Crippen LogP contribution in [0.25, 0.3) is 10.9 Å². The highest BCUT2D eigenvalue weighted by Crippen LogP contribution is 2.35. The Morgan fingerprint density at radius 1 is 1.08 bits per heavy atom. The van der Waals surface area contributed by atoms with Gasteiger partial charge in [-0.1, -0.05) is 56.8 Å². The fourth-order valence-electron chi connectivity index (χ4n) is 2.30. The first-order valence-electron chi connectivity index (χ1n) is 6.85. The zero-order valence-corrected chi connectivity index (χ0v) is 15.9. The van der Waals surface area contributed by atoms with Crippen LogP contribution in [0, 0.1) is 11.3 Å². The minimum absolute atomic E-state index is 0.257.